The molecule has 1 aromatic carbocycles. The van der Waals surface area contributed by atoms with E-state index >= 15 is 0 Å². The number of halogens is 1. The Balaban J connectivity index is 1.44. The Labute approximate surface area is 224 Å². The van der Waals surface area contributed by atoms with Crippen LogP contribution in [0.4, 0.5) is 4.39 Å². The molecule has 0 bridgehead atoms. The van der Waals surface area contributed by atoms with Gasteiger partial charge in [-0.3, -0.25) is 23.7 Å². The van der Waals surface area contributed by atoms with Crippen LogP contribution in [0, 0.1) is 12.7 Å². The fourth-order valence-electron chi connectivity index (χ4n) is 4.29. The number of benzene rings is 1. The van der Waals surface area contributed by atoms with Gasteiger partial charge in [-0.25, -0.2) is 13.8 Å². The molecule has 4 atom stereocenters. The molecule has 2 N–H and O–H groups in total. The quantitative estimate of drug-likeness (QED) is 0.305. The van der Waals surface area contributed by atoms with E-state index in [4.69, 9.17) is 23.3 Å². The number of aromatic nitrogens is 2. The van der Waals surface area contributed by atoms with Gasteiger partial charge in [0.05, 0.1) is 6.61 Å². The number of aromatic amines is 1. The standard InChI is InChI=1S/C25H33FN3O9P/c1-3-20(24(31)36-18-7-5-4-6-8-18)28-39(33,38-19-11-9-17(26)10-12-19)35-15-22-34-14-21(37-22)29-13-16(2)23(30)27-25(29)32/h9-13,18,20-22H,3-8,14-15H2,1-2H3,(H,28,33)(H,27,30,32)/t20-,21+,22+,39?/m0/s1. The van der Waals surface area contributed by atoms with Crippen molar-refractivity contribution in [3.8, 4) is 5.75 Å². The van der Waals surface area contributed by atoms with Crippen molar-refractivity contribution >= 4 is 13.7 Å². The molecule has 2 aromatic rings. The smallest absolute Gasteiger partial charge is 0.459 e. The van der Waals surface area contributed by atoms with E-state index in [1.807, 2.05) is 0 Å². The van der Waals surface area contributed by atoms with E-state index in [9.17, 15) is 23.3 Å². The molecule has 12 nitrogen and oxygen atoms in total. The van der Waals surface area contributed by atoms with E-state index in [1.54, 1.807) is 13.8 Å². The minimum absolute atomic E-state index is 0.0404. The van der Waals surface area contributed by atoms with Gasteiger partial charge in [0.25, 0.3) is 5.56 Å². The van der Waals surface area contributed by atoms with Crippen molar-refractivity contribution in [3.05, 3.63) is 62.7 Å². The van der Waals surface area contributed by atoms with E-state index in [0.29, 0.717) is 5.56 Å². The molecule has 2 aliphatic rings. The highest BCUT2D eigenvalue weighted by Crippen LogP contribution is 2.46. The molecule has 1 saturated carbocycles. The van der Waals surface area contributed by atoms with Crippen molar-refractivity contribution in [3.63, 3.8) is 0 Å². The average molecular weight is 570 g/mol. The Morgan fingerprint density at radius 3 is 2.64 bits per heavy atom. The molecule has 14 heteroatoms. The number of nitrogens with one attached hydrogen (secondary N) is 2. The van der Waals surface area contributed by atoms with Crippen molar-refractivity contribution in [1.82, 2.24) is 14.6 Å². The number of carbonyl (C=O) groups excluding carboxylic acids is 1. The molecule has 1 aliphatic heterocycles. The number of carbonyl (C=O) groups is 1. The second-order valence-electron chi connectivity index (χ2n) is 9.46. The molecule has 1 aliphatic carbocycles. The van der Waals surface area contributed by atoms with E-state index < -0.39 is 55.9 Å². The van der Waals surface area contributed by atoms with Crippen LogP contribution in [0.25, 0.3) is 0 Å². The second kappa shape index (κ2) is 13.0. The van der Waals surface area contributed by atoms with Crippen LogP contribution in [-0.4, -0.2) is 47.2 Å². The maximum absolute atomic E-state index is 13.8. The maximum atomic E-state index is 13.8. The lowest BCUT2D eigenvalue weighted by atomic mass is 9.98. The highest BCUT2D eigenvalue weighted by atomic mass is 31.2. The van der Waals surface area contributed by atoms with Crippen molar-refractivity contribution in [2.45, 2.75) is 77.0 Å². The van der Waals surface area contributed by atoms with Gasteiger partial charge >= 0.3 is 19.4 Å². The number of hydrogen-bond donors (Lipinski definition) is 2. The summed E-state index contributed by atoms with van der Waals surface area (Å²) in [6.07, 6.45) is 4.09. The summed E-state index contributed by atoms with van der Waals surface area (Å²) in [5.74, 6) is -1.04. The van der Waals surface area contributed by atoms with Gasteiger partial charge in [-0.1, -0.05) is 13.3 Å². The largest absolute Gasteiger partial charge is 0.461 e. The Morgan fingerprint density at radius 2 is 1.95 bits per heavy atom. The lowest BCUT2D eigenvalue weighted by molar-refractivity contribution is -0.152. The molecule has 1 unspecified atom stereocenters. The van der Waals surface area contributed by atoms with Crippen molar-refractivity contribution in [1.29, 1.82) is 0 Å². The third kappa shape index (κ3) is 7.86. The predicted octanol–water partition coefficient (Wildman–Crippen LogP) is 3.30. The number of ether oxygens (including phenoxy) is 3. The fraction of sp³-hybridized carbons (Fsp3) is 0.560. The lowest BCUT2D eigenvalue weighted by Crippen LogP contribution is -2.39. The summed E-state index contributed by atoms with van der Waals surface area (Å²) in [6, 6.07) is 3.81. The molecule has 0 spiro atoms. The predicted molar refractivity (Wildman–Crippen MR) is 137 cm³/mol. The van der Waals surface area contributed by atoms with Crippen LogP contribution in [0.5, 0.6) is 5.75 Å². The zero-order valence-corrected chi connectivity index (χ0v) is 22.7. The lowest BCUT2D eigenvalue weighted by Gasteiger charge is -2.27. The summed E-state index contributed by atoms with van der Waals surface area (Å²) in [4.78, 5) is 38.9. The van der Waals surface area contributed by atoms with Gasteiger partial charge in [-0.15, -0.1) is 0 Å². The van der Waals surface area contributed by atoms with Gasteiger partial charge in [0.1, 0.15) is 30.3 Å². The number of H-pyrrole nitrogens is 1. The first-order chi connectivity index (χ1) is 18.7. The molecule has 4 rings (SSSR count). The number of aryl methyl sites for hydroxylation is 1. The Bertz CT molecular complexity index is 1290. The van der Waals surface area contributed by atoms with Crippen LogP contribution in [0.15, 0.2) is 40.1 Å². The summed E-state index contributed by atoms with van der Waals surface area (Å²) in [5.41, 5.74) is -0.868. The molecule has 0 amide bonds. The average Bonchev–Trinajstić information content (AvgIpc) is 3.39. The van der Waals surface area contributed by atoms with E-state index in [-0.39, 0.29) is 24.9 Å². The monoisotopic (exact) mass is 569 g/mol. The number of esters is 1. The molecular formula is C25H33FN3O9P. The van der Waals surface area contributed by atoms with Gasteiger partial charge in [0.15, 0.2) is 12.5 Å². The minimum Gasteiger partial charge on any atom is -0.461 e. The van der Waals surface area contributed by atoms with Crippen LogP contribution in [-0.2, 0) is 28.1 Å². The Morgan fingerprint density at radius 1 is 1.23 bits per heavy atom. The second-order valence-corrected chi connectivity index (χ2v) is 11.2. The van der Waals surface area contributed by atoms with Crippen LogP contribution >= 0.6 is 7.75 Å². The van der Waals surface area contributed by atoms with Crippen LogP contribution in [0.1, 0.15) is 57.2 Å². The topological polar surface area (TPSA) is 147 Å². The van der Waals surface area contributed by atoms with Gasteiger partial charge in [-0.05, 0) is 63.3 Å². The molecule has 2 fully saturated rings. The van der Waals surface area contributed by atoms with Crippen LogP contribution in [0.2, 0.25) is 0 Å². The molecule has 2 heterocycles. The first kappa shape index (κ1) is 29.2. The third-order valence-electron chi connectivity index (χ3n) is 6.45. The molecular weight excluding hydrogens is 536 g/mol. The SMILES string of the molecule is CC[C@H](NP(=O)(OC[C@@H]1OC[C@H](n2cc(C)c(=O)[nH]c2=O)O1)Oc1ccc(F)cc1)C(=O)OC1CCCCC1. The van der Waals surface area contributed by atoms with Gasteiger partial charge in [0.2, 0.25) is 0 Å². The highest BCUT2D eigenvalue weighted by molar-refractivity contribution is 7.52. The van der Waals surface area contributed by atoms with E-state index in [2.05, 4.69) is 10.1 Å². The summed E-state index contributed by atoms with van der Waals surface area (Å²) in [7, 11) is -4.25. The molecule has 1 saturated heterocycles. The molecule has 0 radical (unpaired) electrons. The first-order valence-corrected chi connectivity index (χ1v) is 14.5. The minimum atomic E-state index is -4.25. The Kier molecular flexibility index (Phi) is 9.73. The third-order valence-corrected chi connectivity index (χ3v) is 8.02. The normalized spacial score (nSPS) is 22.2. The van der Waals surface area contributed by atoms with E-state index in [1.165, 1.54) is 22.9 Å². The van der Waals surface area contributed by atoms with Crippen molar-refractivity contribution in [2.24, 2.45) is 0 Å². The zero-order chi connectivity index (χ0) is 28.0. The summed E-state index contributed by atoms with van der Waals surface area (Å²) < 4.78 is 56.5. The van der Waals surface area contributed by atoms with Crippen LogP contribution in [0.3, 0.4) is 0 Å². The molecule has 39 heavy (non-hydrogen) atoms. The van der Waals surface area contributed by atoms with Crippen LogP contribution < -0.4 is 20.9 Å². The van der Waals surface area contributed by atoms with E-state index in [0.717, 1.165) is 44.2 Å². The van der Waals surface area contributed by atoms with Crippen molar-refractivity contribution in [2.75, 3.05) is 13.2 Å². The summed E-state index contributed by atoms with van der Waals surface area (Å²) >= 11 is 0. The first-order valence-electron chi connectivity index (χ1n) is 12.9. The van der Waals surface area contributed by atoms with Crippen molar-refractivity contribution < 1.29 is 37.0 Å². The van der Waals surface area contributed by atoms with Gasteiger partial charge in [-0.2, -0.15) is 5.09 Å². The number of nitrogens with zero attached hydrogens (tertiary/aromatic N) is 1. The van der Waals surface area contributed by atoms with Gasteiger partial charge < -0.3 is 18.7 Å². The summed E-state index contributed by atoms with van der Waals surface area (Å²) in [6.45, 7) is 2.83. The fourth-order valence-corrected chi connectivity index (χ4v) is 5.86. The number of hydrogen-bond acceptors (Lipinski definition) is 9. The number of rotatable bonds is 11. The molecule has 1 aromatic heterocycles. The van der Waals surface area contributed by atoms with Gasteiger partial charge in [0, 0.05) is 11.8 Å². The highest BCUT2D eigenvalue weighted by Gasteiger charge is 2.37. The maximum Gasteiger partial charge on any atom is 0.459 e. The Hall–Kier alpha value is -2.83. The molecule has 214 valence electrons. The zero-order valence-electron chi connectivity index (χ0n) is 21.8. The summed E-state index contributed by atoms with van der Waals surface area (Å²) in [5, 5.41) is 2.66.